The SMILES string of the molecule is CC(C)NC(=O)C1CCC(n2c(NC(=O)c3ccccc3)nc3ccc(CN4CCCCC4)cc32)CC1.CCN(CC)C(=O)C1CCC(n2c(NC(=O)c3ccccc3)nc3ccc(CN4CCCCC4)cc32)CC1.CCNC(=O)C1CCC(n2c(NC(=O)c3ccccc3)nc3ccc(CN4CCCCC4)cc32)CC1.NC(=O)C1CCC(n2c(NC(=O)c3ccccc3)nc3ccc(CN4CCCCC4)cc32)CC1. The normalized spacial score (nSPS) is 20.8. The Morgan fingerprint density at radius 3 is 0.807 bits per heavy atom. The van der Waals surface area contributed by atoms with Gasteiger partial charge in [-0.15, -0.1) is 0 Å². The van der Waals surface area contributed by atoms with E-state index in [0.29, 0.717) is 52.6 Å². The van der Waals surface area contributed by atoms with E-state index in [0.717, 1.165) is 238 Å². The molecule has 4 aliphatic carbocycles. The van der Waals surface area contributed by atoms with Crippen molar-refractivity contribution in [3.05, 3.63) is 239 Å². The second-order valence-corrected chi connectivity index (χ2v) is 41.6. The minimum atomic E-state index is -0.213. The summed E-state index contributed by atoms with van der Waals surface area (Å²) in [7, 11) is 0. The molecule has 28 nitrogen and oxygen atoms in total. The molecule has 8 amide bonds. The highest BCUT2D eigenvalue weighted by Crippen LogP contribution is 2.44. The molecule has 145 heavy (non-hydrogen) atoms. The highest BCUT2D eigenvalue weighted by Gasteiger charge is 2.37. The van der Waals surface area contributed by atoms with E-state index in [1.165, 1.54) is 99.3 Å². The molecular formula is C117H150N20O8. The fraction of sp³-hybridized carbons (Fsp3) is 0.487. The minimum Gasteiger partial charge on any atom is -0.369 e. The van der Waals surface area contributed by atoms with Gasteiger partial charge in [0.05, 0.1) is 44.1 Å². The van der Waals surface area contributed by atoms with Gasteiger partial charge in [-0.2, -0.15) is 0 Å². The maximum Gasteiger partial charge on any atom is 0.257 e. The molecule has 20 rings (SSSR count). The number of carbonyl (C=O) groups is 8. The first-order valence-electron chi connectivity index (χ1n) is 54.3. The van der Waals surface area contributed by atoms with E-state index in [4.69, 9.17) is 25.7 Å². The minimum absolute atomic E-state index is 0.0467. The van der Waals surface area contributed by atoms with Crippen LogP contribution >= 0.6 is 0 Å². The number of likely N-dealkylation sites (tertiary alicyclic amines) is 4. The second kappa shape index (κ2) is 50.4. The highest BCUT2D eigenvalue weighted by molar-refractivity contribution is 6.07. The van der Waals surface area contributed by atoms with E-state index in [1.54, 1.807) is 12.1 Å². The Morgan fingerprint density at radius 2 is 0.566 bits per heavy atom. The summed E-state index contributed by atoms with van der Waals surface area (Å²) in [4.78, 5) is 133. The number of nitrogens with zero attached hydrogens (tertiary/aromatic N) is 13. The largest absolute Gasteiger partial charge is 0.369 e. The standard InChI is InChI=1S/C31H41N5O2.C30H39N5O2.C29H37N5O2.C27H33N5O2/c1-3-35(4-2)30(38)25-14-16-26(17-15-25)36-28-21-23(22-34-19-9-6-10-20-34)13-18-27(28)32-31(36)33-29(37)24-11-7-5-8-12-24;1-21(2)31-28(36)24-12-14-25(15-13-24)35-27-19-22(20-34-17-7-4-8-18-34)11-16-26(27)32-30(35)33-29(37)23-9-5-3-6-10-23;1-2-30-27(35)23-12-14-24(15-13-23)34-26-19-21(20-33-17-7-4-8-18-33)11-16-25(26)31-29(34)32-28(36)22-9-5-3-6-10-22;28-25(33)20-10-12-22(13-11-20)32-24-17-19(18-31-15-5-2-6-16-31)9-14-23(24)29-27(32)30-26(34)21-7-3-1-4-8-21/h5,7-8,11-13,18,21,25-26H,3-4,6,9-10,14-17,19-20,22H2,1-2H3,(H,32,33,37);3,5-6,9-11,16,19,21,24-25H,4,7-8,12-15,17-18,20H2,1-2H3,(H,31,36)(H,32,33,37);3,5-6,9-11,16,19,23-24H,2,4,7-8,12-15,17-18,20H2,1H3,(H,30,35)(H,31,32,36);1,3-4,7-9,14,17,20,22H,2,5-6,10-13,15-16,18H2,(H2,28,33)(H,29,30,34). The third-order valence-electron chi connectivity index (χ3n) is 31.1. The first-order chi connectivity index (χ1) is 70.7. The number of nitrogens with two attached hydrogens (primary N) is 1. The molecule has 4 aromatic heterocycles. The van der Waals surface area contributed by atoms with E-state index < -0.39 is 0 Å². The average Bonchev–Trinajstić information content (AvgIpc) is 1.64. The van der Waals surface area contributed by atoms with Crippen molar-refractivity contribution in [1.82, 2.24) is 73.3 Å². The fourth-order valence-electron chi connectivity index (χ4n) is 23.2. The third-order valence-corrected chi connectivity index (χ3v) is 31.1. The van der Waals surface area contributed by atoms with Gasteiger partial charge in [0, 0.05) is 122 Å². The summed E-state index contributed by atoms with van der Waals surface area (Å²) < 4.78 is 8.89. The Labute approximate surface area is 854 Å². The van der Waals surface area contributed by atoms with E-state index in [9.17, 15) is 38.4 Å². The average molecular weight is 1960 g/mol. The summed E-state index contributed by atoms with van der Waals surface area (Å²) in [6.07, 6.45) is 29.0. The van der Waals surface area contributed by atoms with Crippen LogP contribution in [0, 0.1) is 23.7 Å². The summed E-state index contributed by atoms with van der Waals surface area (Å²) in [5.41, 5.74) is 20.9. The summed E-state index contributed by atoms with van der Waals surface area (Å²) in [6.45, 7) is 25.2. The zero-order valence-corrected chi connectivity index (χ0v) is 85.7. The molecule has 8 heterocycles. The number of piperidine rings is 4. The Balaban J connectivity index is 0.000000133. The lowest BCUT2D eigenvalue weighted by atomic mass is 9.85. The van der Waals surface area contributed by atoms with Gasteiger partial charge in [-0.1, -0.05) is 123 Å². The first kappa shape index (κ1) is 104. The first-order valence-corrected chi connectivity index (χ1v) is 54.3. The topological polar surface area (TPSA) is 322 Å². The van der Waals surface area contributed by atoms with Crippen molar-refractivity contribution >= 4 is 115 Å². The predicted molar refractivity (Wildman–Crippen MR) is 576 cm³/mol. The lowest BCUT2D eigenvalue weighted by molar-refractivity contribution is -0.136. The number of aromatic nitrogens is 8. The quantitative estimate of drug-likeness (QED) is 0.0240. The number of nitrogens with one attached hydrogen (secondary N) is 6. The number of anilines is 4. The Bertz CT molecular complexity index is 6330. The summed E-state index contributed by atoms with van der Waals surface area (Å²) in [6, 6.07) is 64.0. The molecular weight excluding hydrogens is 1810 g/mol. The van der Waals surface area contributed by atoms with Crippen molar-refractivity contribution in [3.63, 3.8) is 0 Å². The summed E-state index contributed by atoms with van der Waals surface area (Å²) >= 11 is 0. The van der Waals surface area contributed by atoms with Crippen LogP contribution in [-0.2, 0) is 45.4 Å². The number of imidazole rings is 4. The number of hydrogen-bond donors (Lipinski definition) is 7. The van der Waals surface area contributed by atoms with Gasteiger partial charge < -0.3 is 39.5 Å². The number of rotatable bonds is 28. The molecule has 8 aliphatic rings. The molecule has 12 aromatic rings. The van der Waals surface area contributed by atoms with Gasteiger partial charge in [0.2, 0.25) is 47.4 Å². The van der Waals surface area contributed by atoms with Gasteiger partial charge in [-0.05, 0) is 360 Å². The van der Waals surface area contributed by atoms with E-state index in [1.807, 2.05) is 149 Å². The predicted octanol–water partition coefficient (Wildman–Crippen LogP) is 21.0. The van der Waals surface area contributed by atoms with Crippen molar-refractivity contribution in [2.75, 3.05) is 93.3 Å². The van der Waals surface area contributed by atoms with Crippen molar-refractivity contribution in [2.24, 2.45) is 29.4 Å². The van der Waals surface area contributed by atoms with E-state index in [-0.39, 0.29) is 101 Å². The van der Waals surface area contributed by atoms with Crippen LogP contribution < -0.4 is 37.6 Å². The molecule has 4 aliphatic heterocycles. The molecule has 4 saturated carbocycles. The molecule has 8 aromatic carbocycles. The maximum absolute atomic E-state index is 13.1. The summed E-state index contributed by atoms with van der Waals surface area (Å²) in [5, 5.41) is 18.4. The Morgan fingerprint density at radius 1 is 0.317 bits per heavy atom. The molecule has 0 unspecified atom stereocenters. The highest BCUT2D eigenvalue weighted by atomic mass is 16.2. The van der Waals surface area contributed by atoms with Crippen LogP contribution in [0.2, 0.25) is 0 Å². The van der Waals surface area contributed by atoms with Gasteiger partial charge in [-0.25, -0.2) is 19.9 Å². The van der Waals surface area contributed by atoms with Crippen molar-refractivity contribution in [1.29, 1.82) is 0 Å². The zero-order chi connectivity index (χ0) is 101. The smallest absolute Gasteiger partial charge is 0.257 e. The van der Waals surface area contributed by atoms with Crippen LogP contribution in [0.15, 0.2) is 194 Å². The maximum atomic E-state index is 13.1. The monoisotopic (exact) mass is 1960 g/mol. The molecule has 28 heteroatoms. The third kappa shape index (κ3) is 26.8. The summed E-state index contributed by atoms with van der Waals surface area (Å²) in [5.74, 6) is 2.23. The van der Waals surface area contributed by atoms with Crippen LogP contribution in [0.3, 0.4) is 0 Å². The number of carbonyl (C=O) groups excluding carboxylic acids is 8. The zero-order valence-electron chi connectivity index (χ0n) is 85.7. The Hall–Kier alpha value is -12.8. The van der Waals surface area contributed by atoms with Crippen LogP contribution in [-0.4, -0.2) is 188 Å². The van der Waals surface area contributed by atoms with Gasteiger partial charge in [0.15, 0.2) is 0 Å². The molecule has 0 radical (unpaired) electrons. The molecule has 766 valence electrons. The van der Waals surface area contributed by atoms with Gasteiger partial charge >= 0.3 is 0 Å². The molecule has 0 bridgehead atoms. The van der Waals surface area contributed by atoms with Gasteiger partial charge in [-0.3, -0.25) is 79.2 Å². The second-order valence-electron chi connectivity index (χ2n) is 41.6. The van der Waals surface area contributed by atoms with Crippen LogP contribution in [0.4, 0.5) is 23.8 Å². The number of benzene rings is 8. The van der Waals surface area contributed by atoms with E-state index in [2.05, 4.69) is 143 Å². The molecule has 0 spiro atoms. The van der Waals surface area contributed by atoms with Crippen molar-refractivity contribution in [3.8, 4) is 0 Å². The van der Waals surface area contributed by atoms with Crippen molar-refractivity contribution in [2.45, 2.75) is 271 Å². The Kier molecular flexibility index (Phi) is 36.0. The van der Waals surface area contributed by atoms with Crippen molar-refractivity contribution < 1.29 is 38.4 Å². The molecule has 0 atom stereocenters. The fourth-order valence-corrected chi connectivity index (χ4v) is 23.2. The van der Waals surface area contributed by atoms with Crippen LogP contribution in [0.25, 0.3) is 44.1 Å². The molecule has 4 saturated heterocycles. The lowest BCUT2D eigenvalue weighted by Crippen LogP contribution is -2.37. The lowest BCUT2D eigenvalue weighted by Gasteiger charge is -2.32. The van der Waals surface area contributed by atoms with Gasteiger partial charge in [0.25, 0.3) is 23.6 Å². The van der Waals surface area contributed by atoms with Crippen LogP contribution in [0.5, 0.6) is 0 Å². The molecule has 8 N–H and O–H groups in total. The van der Waals surface area contributed by atoms with Crippen LogP contribution in [0.1, 0.15) is 302 Å². The van der Waals surface area contributed by atoms with E-state index >= 15 is 0 Å². The number of fused-ring (bicyclic) bond motifs is 4. The number of hydrogen-bond acceptors (Lipinski definition) is 16. The number of amides is 8. The molecule has 8 fully saturated rings. The van der Waals surface area contributed by atoms with Gasteiger partial charge in [0.1, 0.15) is 0 Å². The number of primary amides is 1.